The molecule has 170 valence electrons. The van der Waals surface area contributed by atoms with Gasteiger partial charge in [0.1, 0.15) is 0 Å². The first-order chi connectivity index (χ1) is 15.1. The van der Waals surface area contributed by atoms with Gasteiger partial charge in [-0.3, -0.25) is 0 Å². The van der Waals surface area contributed by atoms with E-state index in [1.807, 2.05) is 30.3 Å². The van der Waals surface area contributed by atoms with Crippen LogP contribution in [0.25, 0.3) is 5.69 Å². The molecule has 3 aromatic rings. The number of nitrogens with one attached hydrogen (secondary N) is 1. The Bertz CT molecular complexity index is 1050. The summed E-state index contributed by atoms with van der Waals surface area (Å²) >= 11 is 0. The van der Waals surface area contributed by atoms with Crippen molar-refractivity contribution in [3.8, 4) is 5.69 Å². The van der Waals surface area contributed by atoms with Crippen LogP contribution in [0.3, 0.4) is 0 Å². The van der Waals surface area contributed by atoms with Crippen molar-refractivity contribution >= 4 is 5.69 Å². The molecule has 8 heteroatoms. The van der Waals surface area contributed by atoms with Gasteiger partial charge in [-0.15, -0.1) is 5.10 Å². The summed E-state index contributed by atoms with van der Waals surface area (Å²) in [6, 6.07) is 15.0. The summed E-state index contributed by atoms with van der Waals surface area (Å²) in [5, 5.41) is 15.9. The molecule has 2 aromatic carbocycles. The Balaban J connectivity index is 1.75. The Morgan fingerprint density at radius 1 is 0.969 bits per heavy atom. The van der Waals surface area contributed by atoms with E-state index in [2.05, 4.69) is 41.6 Å². The van der Waals surface area contributed by atoms with Gasteiger partial charge in [-0.25, -0.2) is 0 Å². The van der Waals surface area contributed by atoms with Crippen LogP contribution < -0.4 is 5.32 Å². The number of hydrogen-bond acceptors (Lipinski definition) is 4. The van der Waals surface area contributed by atoms with Gasteiger partial charge in [-0.2, -0.15) is 17.9 Å². The SMILES string of the molecule is CC(C)(C)C1CCC(Nc2ccccc2)(c2nnnn2-c2cccc(C(F)(F)F)c2)CC1. The number of nitrogens with zero attached hydrogens (tertiary/aromatic N) is 4. The Hall–Kier alpha value is -2.90. The number of hydrogen-bond donors (Lipinski definition) is 1. The highest BCUT2D eigenvalue weighted by Gasteiger charge is 2.44. The molecular formula is C24H28F3N5. The van der Waals surface area contributed by atoms with Crippen LogP contribution in [0, 0.1) is 11.3 Å². The van der Waals surface area contributed by atoms with E-state index in [1.165, 1.54) is 10.7 Å². The number of aromatic nitrogens is 4. The first-order valence-electron chi connectivity index (χ1n) is 10.9. The number of alkyl halides is 3. The van der Waals surface area contributed by atoms with E-state index < -0.39 is 17.3 Å². The molecule has 32 heavy (non-hydrogen) atoms. The van der Waals surface area contributed by atoms with E-state index in [-0.39, 0.29) is 5.41 Å². The smallest absolute Gasteiger partial charge is 0.373 e. The predicted octanol–water partition coefficient (Wildman–Crippen LogP) is 6.22. The molecule has 0 radical (unpaired) electrons. The fraction of sp³-hybridized carbons (Fsp3) is 0.458. The normalized spacial score (nSPS) is 22.0. The van der Waals surface area contributed by atoms with Crippen LogP contribution >= 0.6 is 0 Å². The molecular weight excluding hydrogens is 415 g/mol. The second-order valence-electron chi connectivity index (χ2n) is 9.68. The highest BCUT2D eigenvalue weighted by Crippen LogP contribution is 2.46. The summed E-state index contributed by atoms with van der Waals surface area (Å²) in [6.45, 7) is 6.76. The minimum Gasteiger partial charge on any atom is -0.373 e. The highest BCUT2D eigenvalue weighted by molar-refractivity contribution is 5.47. The first-order valence-corrected chi connectivity index (χ1v) is 10.9. The third-order valence-electron chi connectivity index (χ3n) is 6.54. The van der Waals surface area contributed by atoms with E-state index in [0.29, 0.717) is 17.4 Å². The minimum atomic E-state index is -4.44. The monoisotopic (exact) mass is 443 g/mol. The summed E-state index contributed by atoms with van der Waals surface area (Å²) in [6.07, 6.45) is -0.932. The summed E-state index contributed by atoms with van der Waals surface area (Å²) in [7, 11) is 0. The number of halogens is 3. The molecule has 0 spiro atoms. The van der Waals surface area contributed by atoms with E-state index >= 15 is 0 Å². The molecule has 1 aromatic heterocycles. The Kier molecular flexibility index (Phi) is 5.73. The second kappa shape index (κ2) is 8.22. The number of benzene rings is 2. The van der Waals surface area contributed by atoms with Crippen LogP contribution in [-0.2, 0) is 11.7 Å². The van der Waals surface area contributed by atoms with Crippen LogP contribution in [-0.4, -0.2) is 20.2 Å². The molecule has 0 amide bonds. The number of anilines is 1. The molecule has 1 aliphatic carbocycles. The molecule has 1 aliphatic rings. The van der Waals surface area contributed by atoms with E-state index in [0.717, 1.165) is 43.5 Å². The molecule has 0 aliphatic heterocycles. The van der Waals surface area contributed by atoms with Gasteiger partial charge in [0.25, 0.3) is 0 Å². The van der Waals surface area contributed by atoms with Crippen LogP contribution in [0.1, 0.15) is 57.8 Å². The molecule has 0 bridgehead atoms. The Morgan fingerprint density at radius 3 is 2.28 bits per heavy atom. The number of para-hydroxylation sites is 1. The fourth-order valence-electron chi connectivity index (χ4n) is 4.65. The van der Waals surface area contributed by atoms with E-state index in [4.69, 9.17) is 0 Å². The van der Waals surface area contributed by atoms with Crippen molar-refractivity contribution < 1.29 is 13.2 Å². The van der Waals surface area contributed by atoms with Crippen molar-refractivity contribution in [2.75, 3.05) is 5.32 Å². The fourth-order valence-corrected chi connectivity index (χ4v) is 4.65. The van der Waals surface area contributed by atoms with E-state index in [1.54, 1.807) is 6.07 Å². The van der Waals surface area contributed by atoms with Gasteiger partial charge in [0.2, 0.25) is 0 Å². The average Bonchev–Trinajstić information content (AvgIpc) is 3.24. The zero-order valence-corrected chi connectivity index (χ0v) is 18.5. The summed E-state index contributed by atoms with van der Waals surface area (Å²) in [5.74, 6) is 1.08. The van der Waals surface area contributed by atoms with Gasteiger partial charge in [0.05, 0.1) is 16.8 Å². The summed E-state index contributed by atoms with van der Waals surface area (Å²) < 4.78 is 41.4. The van der Waals surface area contributed by atoms with Crippen LogP contribution in [0.2, 0.25) is 0 Å². The number of tetrazole rings is 1. The second-order valence-corrected chi connectivity index (χ2v) is 9.68. The topological polar surface area (TPSA) is 55.6 Å². The van der Waals surface area contributed by atoms with Crippen LogP contribution in [0.4, 0.5) is 18.9 Å². The average molecular weight is 444 g/mol. The molecule has 4 rings (SSSR count). The van der Waals surface area contributed by atoms with Crippen LogP contribution in [0.15, 0.2) is 54.6 Å². The molecule has 0 unspecified atom stereocenters. The molecule has 5 nitrogen and oxygen atoms in total. The van der Waals surface area contributed by atoms with Crippen molar-refractivity contribution in [3.63, 3.8) is 0 Å². The maximum absolute atomic E-state index is 13.3. The molecule has 0 saturated heterocycles. The Morgan fingerprint density at radius 2 is 1.66 bits per heavy atom. The molecule has 0 atom stereocenters. The first kappa shape index (κ1) is 22.3. The highest BCUT2D eigenvalue weighted by atomic mass is 19.4. The quantitative estimate of drug-likeness (QED) is 0.520. The third kappa shape index (κ3) is 4.49. The molecule has 1 N–H and O–H groups in total. The largest absolute Gasteiger partial charge is 0.416 e. The predicted molar refractivity (Wildman–Crippen MR) is 117 cm³/mol. The lowest BCUT2D eigenvalue weighted by molar-refractivity contribution is -0.137. The number of rotatable bonds is 4. The van der Waals surface area contributed by atoms with Crippen molar-refractivity contribution in [2.45, 2.75) is 58.2 Å². The van der Waals surface area contributed by atoms with Gasteiger partial charge in [0, 0.05) is 5.69 Å². The van der Waals surface area contributed by atoms with Crippen LogP contribution in [0.5, 0.6) is 0 Å². The minimum absolute atomic E-state index is 0.186. The lowest BCUT2D eigenvalue weighted by atomic mass is 9.67. The molecule has 1 heterocycles. The lowest BCUT2D eigenvalue weighted by Crippen LogP contribution is -2.43. The zero-order valence-electron chi connectivity index (χ0n) is 18.5. The zero-order chi connectivity index (χ0) is 23.0. The maximum atomic E-state index is 13.3. The van der Waals surface area contributed by atoms with Crippen molar-refractivity contribution in [3.05, 3.63) is 66.0 Å². The third-order valence-corrected chi connectivity index (χ3v) is 6.54. The van der Waals surface area contributed by atoms with Gasteiger partial charge >= 0.3 is 6.18 Å². The standard InChI is InChI=1S/C24H28F3N5/c1-22(2,3)17-12-14-23(15-13-17,28-19-9-5-4-6-10-19)21-29-30-31-32(21)20-11-7-8-18(16-20)24(25,26)27/h4-11,16-17,28H,12-15H2,1-3H3. The van der Waals surface area contributed by atoms with Gasteiger partial charge in [0.15, 0.2) is 5.82 Å². The van der Waals surface area contributed by atoms with Crippen molar-refractivity contribution in [1.29, 1.82) is 0 Å². The van der Waals surface area contributed by atoms with E-state index in [9.17, 15) is 13.2 Å². The van der Waals surface area contributed by atoms with Gasteiger partial charge in [-0.05, 0) is 77.8 Å². The van der Waals surface area contributed by atoms with Crippen molar-refractivity contribution in [1.82, 2.24) is 20.2 Å². The van der Waals surface area contributed by atoms with Gasteiger partial charge < -0.3 is 5.32 Å². The van der Waals surface area contributed by atoms with Gasteiger partial charge in [-0.1, -0.05) is 45.0 Å². The Labute approximate surface area is 186 Å². The maximum Gasteiger partial charge on any atom is 0.416 e. The summed E-state index contributed by atoms with van der Waals surface area (Å²) in [5.41, 5.74) is 0.109. The van der Waals surface area contributed by atoms with Crippen molar-refractivity contribution in [2.24, 2.45) is 11.3 Å². The lowest BCUT2D eigenvalue weighted by Gasteiger charge is -2.44. The molecule has 1 fully saturated rings. The molecule has 1 saturated carbocycles. The summed E-state index contributed by atoms with van der Waals surface area (Å²) in [4.78, 5) is 0.